The minimum Gasteiger partial charge on any atom is -0.353 e. The van der Waals surface area contributed by atoms with Crippen LogP contribution in [0.2, 0.25) is 0 Å². The zero-order valence-electron chi connectivity index (χ0n) is 18.5. The Morgan fingerprint density at radius 2 is 1.37 bits per heavy atom. The Labute approximate surface area is 203 Å². The van der Waals surface area contributed by atoms with Crippen LogP contribution in [0.4, 0.5) is 22.7 Å². The van der Waals surface area contributed by atoms with Crippen molar-refractivity contribution in [2.24, 2.45) is 10.2 Å². The van der Waals surface area contributed by atoms with Gasteiger partial charge in [0.05, 0.1) is 22.0 Å². The quantitative estimate of drug-likeness (QED) is 0.191. The highest BCUT2D eigenvalue weighted by atomic mass is 32.2. The van der Waals surface area contributed by atoms with Crippen LogP contribution in [-0.2, 0) is 10.1 Å². The molecule has 2 N–H and O–H groups in total. The first-order chi connectivity index (χ1) is 17.0. The molecule has 0 aliphatic rings. The van der Waals surface area contributed by atoms with Gasteiger partial charge in [-0.3, -0.25) is 4.55 Å². The molecule has 7 heteroatoms. The molecule has 0 saturated heterocycles. The Balaban J connectivity index is 1.69. The average Bonchev–Trinajstić information content (AvgIpc) is 2.88. The van der Waals surface area contributed by atoms with Crippen LogP contribution in [0, 0.1) is 0 Å². The summed E-state index contributed by atoms with van der Waals surface area (Å²) in [6, 6.07) is 35.4. The molecule has 35 heavy (non-hydrogen) atoms. The SMILES string of the molecule is O=S(=O)(O)c1ccc(N=Nc2ccccc2)c(Nc2c(-c3ccccc3)ccc3ccccc23)c1. The van der Waals surface area contributed by atoms with E-state index < -0.39 is 10.1 Å². The van der Waals surface area contributed by atoms with Crippen LogP contribution in [0.25, 0.3) is 21.9 Å². The van der Waals surface area contributed by atoms with Gasteiger partial charge in [-0.1, -0.05) is 84.9 Å². The lowest BCUT2D eigenvalue weighted by atomic mass is 9.98. The summed E-state index contributed by atoms with van der Waals surface area (Å²) in [5.41, 5.74) is 4.21. The third-order valence-corrected chi connectivity index (χ3v) is 6.42. The predicted molar refractivity (Wildman–Crippen MR) is 140 cm³/mol. The molecule has 172 valence electrons. The summed E-state index contributed by atoms with van der Waals surface area (Å²) in [7, 11) is -4.42. The van der Waals surface area contributed by atoms with Crippen LogP contribution < -0.4 is 5.32 Å². The summed E-state index contributed by atoms with van der Waals surface area (Å²) in [4.78, 5) is -0.236. The first kappa shape index (κ1) is 22.5. The molecule has 5 rings (SSSR count). The molecule has 0 fully saturated rings. The van der Waals surface area contributed by atoms with Crippen molar-refractivity contribution >= 4 is 43.6 Å². The van der Waals surface area contributed by atoms with E-state index in [1.54, 1.807) is 0 Å². The van der Waals surface area contributed by atoms with Crippen LogP contribution in [0.15, 0.2) is 130 Å². The molecule has 0 bridgehead atoms. The minimum atomic E-state index is -4.42. The van der Waals surface area contributed by atoms with Crippen LogP contribution >= 0.6 is 0 Å². The van der Waals surface area contributed by atoms with Crippen molar-refractivity contribution in [2.75, 3.05) is 5.32 Å². The molecule has 0 aliphatic carbocycles. The van der Waals surface area contributed by atoms with E-state index in [4.69, 9.17) is 0 Å². The summed E-state index contributed by atoms with van der Waals surface area (Å²) in [5.74, 6) is 0. The van der Waals surface area contributed by atoms with E-state index in [1.165, 1.54) is 18.2 Å². The van der Waals surface area contributed by atoms with Gasteiger partial charge in [0.1, 0.15) is 5.69 Å². The van der Waals surface area contributed by atoms with Gasteiger partial charge >= 0.3 is 0 Å². The van der Waals surface area contributed by atoms with E-state index in [9.17, 15) is 13.0 Å². The number of anilines is 2. The standard InChI is InChI=1S/C28H21N3O3S/c32-35(33,34)23-16-18-26(31-30-22-12-5-2-6-13-22)27(19-23)29-28-24-14-8-7-11-21(24)15-17-25(28)20-9-3-1-4-10-20/h1-19,29H,(H,32,33,34). The topological polar surface area (TPSA) is 91.1 Å². The average molecular weight is 480 g/mol. The van der Waals surface area contributed by atoms with Crippen LogP contribution in [0.3, 0.4) is 0 Å². The van der Waals surface area contributed by atoms with Crippen LogP contribution in [0.1, 0.15) is 0 Å². The maximum Gasteiger partial charge on any atom is 0.294 e. The summed E-state index contributed by atoms with van der Waals surface area (Å²) < 4.78 is 33.5. The smallest absolute Gasteiger partial charge is 0.294 e. The van der Waals surface area contributed by atoms with Gasteiger partial charge < -0.3 is 5.32 Å². The van der Waals surface area contributed by atoms with Crippen molar-refractivity contribution in [2.45, 2.75) is 4.90 Å². The van der Waals surface area contributed by atoms with E-state index in [2.05, 4.69) is 15.5 Å². The van der Waals surface area contributed by atoms with Crippen molar-refractivity contribution in [3.8, 4) is 11.1 Å². The first-order valence-electron chi connectivity index (χ1n) is 10.9. The van der Waals surface area contributed by atoms with E-state index in [1.807, 2.05) is 97.1 Å². The molecule has 5 aromatic carbocycles. The number of nitrogens with zero attached hydrogens (tertiary/aromatic N) is 2. The maximum absolute atomic E-state index is 11.9. The third-order valence-electron chi connectivity index (χ3n) is 5.57. The molecule has 0 saturated carbocycles. The van der Waals surface area contributed by atoms with Gasteiger partial charge in [0.25, 0.3) is 10.1 Å². The zero-order chi connectivity index (χ0) is 24.3. The van der Waals surface area contributed by atoms with Crippen molar-refractivity contribution in [1.82, 2.24) is 0 Å². The van der Waals surface area contributed by atoms with Gasteiger partial charge in [0, 0.05) is 10.9 Å². The summed E-state index contributed by atoms with van der Waals surface area (Å²) in [5, 5.41) is 14.0. The zero-order valence-corrected chi connectivity index (χ0v) is 19.4. The number of hydrogen-bond donors (Lipinski definition) is 2. The second-order valence-electron chi connectivity index (χ2n) is 7.89. The molecule has 6 nitrogen and oxygen atoms in total. The van der Waals surface area contributed by atoms with Crippen LogP contribution in [0.5, 0.6) is 0 Å². The normalized spacial score (nSPS) is 11.7. The summed E-state index contributed by atoms with van der Waals surface area (Å²) >= 11 is 0. The Bertz CT molecular complexity index is 1640. The molecule has 0 aromatic heterocycles. The van der Waals surface area contributed by atoms with Gasteiger partial charge in [-0.05, 0) is 41.3 Å². The molecule has 5 aromatic rings. The van der Waals surface area contributed by atoms with Gasteiger partial charge in [-0.15, -0.1) is 5.11 Å². The Hall–Kier alpha value is -4.33. The number of rotatable bonds is 6. The molecular weight excluding hydrogens is 458 g/mol. The fraction of sp³-hybridized carbons (Fsp3) is 0. The van der Waals surface area contributed by atoms with E-state index in [-0.39, 0.29) is 4.90 Å². The van der Waals surface area contributed by atoms with E-state index >= 15 is 0 Å². The van der Waals surface area contributed by atoms with Crippen molar-refractivity contribution in [3.63, 3.8) is 0 Å². The van der Waals surface area contributed by atoms with Gasteiger partial charge in [-0.2, -0.15) is 13.5 Å². The fourth-order valence-corrected chi connectivity index (χ4v) is 4.38. The van der Waals surface area contributed by atoms with Crippen molar-refractivity contribution < 1.29 is 13.0 Å². The molecule has 0 aliphatic heterocycles. The largest absolute Gasteiger partial charge is 0.353 e. The molecular formula is C28H21N3O3S. The van der Waals surface area contributed by atoms with Crippen LogP contribution in [-0.4, -0.2) is 13.0 Å². The number of azo groups is 1. The minimum absolute atomic E-state index is 0.236. The number of benzene rings is 5. The lowest BCUT2D eigenvalue weighted by molar-refractivity contribution is 0.483. The molecule has 0 amide bonds. The number of fused-ring (bicyclic) bond motifs is 1. The molecule has 0 atom stereocenters. The second-order valence-corrected chi connectivity index (χ2v) is 9.31. The highest BCUT2D eigenvalue weighted by Gasteiger charge is 2.16. The lowest BCUT2D eigenvalue weighted by Gasteiger charge is -2.17. The predicted octanol–water partition coefficient (Wildman–Crippen LogP) is 7.91. The fourth-order valence-electron chi connectivity index (χ4n) is 3.87. The Morgan fingerprint density at radius 3 is 2.11 bits per heavy atom. The summed E-state index contributed by atoms with van der Waals surface area (Å²) in [6.45, 7) is 0. The van der Waals surface area contributed by atoms with E-state index in [0.717, 1.165) is 27.6 Å². The molecule has 0 unspecified atom stereocenters. The number of nitrogens with one attached hydrogen (secondary N) is 1. The lowest BCUT2D eigenvalue weighted by Crippen LogP contribution is -2.01. The molecule has 0 spiro atoms. The van der Waals surface area contributed by atoms with Gasteiger partial charge in [0.2, 0.25) is 0 Å². The van der Waals surface area contributed by atoms with E-state index in [0.29, 0.717) is 17.1 Å². The van der Waals surface area contributed by atoms with Gasteiger partial charge in [0.15, 0.2) is 0 Å². The summed E-state index contributed by atoms with van der Waals surface area (Å²) in [6.07, 6.45) is 0. The van der Waals surface area contributed by atoms with Gasteiger partial charge in [-0.25, -0.2) is 0 Å². The Kier molecular flexibility index (Phi) is 6.10. The third kappa shape index (κ3) is 4.96. The highest BCUT2D eigenvalue weighted by Crippen LogP contribution is 2.40. The Morgan fingerprint density at radius 1 is 0.686 bits per heavy atom. The van der Waals surface area contributed by atoms with Crippen molar-refractivity contribution in [1.29, 1.82) is 0 Å². The maximum atomic E-state index is 11.9. The molecule has 0 heterocycles. The monoisotopic (exact) mass is 479 g/mol. The first-order valence-corrected chi connectivity index (χ1v) is 12.4. The van der Waals surface area contributed by atoms with Crippen molar-refractivity contribution in [3.05, 3.63) is 115 Å². The number of hydrogen-bond acceptors (Lipinski definition) is 5. The second kappa shape index (κ2) is 9.50. The highest BCUT2D eigenvalue weighted by molar-refractivity contribution is 7.85. The molecule has 0 radical (unpaired) electrons.